The monoisotopic (exact) mass is 414 g/mol. The van der Waals surface area contributed by atoms with E-state index in [0.717, 1.165) is 11.1 Å². The number of hydrogen-bond donors (Lipinski definition) is 3. The van der Waals surface area contributed by atoms with Crippen LogP contribution < -0.4 is 5.32 Å². The van der Waals surface area contributed by atoms with E-state index in [1.165, 1.54) is 0 Å². The molecule has 0 aliphatic rings. The zero-order valence-electron chi connectivity index (χ0n) is 14.5. The molecular formula is C19H23Cl2NO3P+. The van der Waals surface area contributed by atoms with Gasteiger partial charge >= 0.3 is 0 Å². The Bertz CT molecular complexity index is 741. The maximum Gasteiger partial charge on any atom is 0.279 e. The van der Waals surface area contributed by atoms with Gasteiger partial charge in [-0.05, 0) is 29.2 Å². The van der Waals surface area contributed by atoms with Crippen LogP contribution in [0.2, 0.25) is 10.0 Å². The summed E-state index contributed by atoms with van der Waals surface area (Å²) < 4.78 is 0. The lowest BCUT2D eigenvalue weighted by atomic mass is 10.0. The van der Waals surface area contributed by atoms with Gasteiger partial charge in [-0.3, -0.25) is 4.79 Å². The zero-order valence-corrected chi connectivity index (χ0v) is 16.9. The molecule has 0 aliphatic heterocycles. The van der Waals surface area contributed by atoms with E-state index in [1.807, 2.05) is 49.4 Å². The number of ketones is 1. The van der Waals surface area contributed by atoms with Gasteiger partial charge in [0.05, 0.1) is 16.6 Å². The van der Waals surface area contributed by atoms with Crippen LogP contribution in [0.15, 0.2) is 48.5 Å². The molecule has 1 atom stereocenters. The Morgan fingerprint density at radius 3 is 2.46 bits per heavy atom. The van der Waals surface area contributed by atoms with Gasteiger partial charge in [0.1, 0.15) is 6.16 Å². The number of halogens is 2. The SMILES string of the molecule is CC(CNCC(=O)C[P+](O)(O)Cc1ccccc1)c1ccc(Cl)c(Cl)c1. The highest BCUT2D eigenvalue weighted by Gasteiger charge is 2.36. The van der Waals surface area contributed by atoms with Gasteiger partial charge in [0.25, 0.3) is 7.72 Å². The molecular weight excluding hydrogens is 392 g/mol. The molecule has 0 saturated carbocycles. The van der Waals surface area contributed by atoms with Crippen LogP contribution in [0.4, 0.5) is 0 Å². The fraction of sp³-hybridized carbons (Fsp3) is 0.316. The number of hydrogen-bond acceptors (Lipinski definition) is 4. The van der Waals surface area contributed by atoms with Crippen molar-refractivity contribution >= 4 is 36.7 Å². The predicted molar refractivity (Wildman–Crippen MR) is 109 cm³/mol. The Balaban J connectivity index is 1.78. The van der Waals surface area contributed by atoms with E-state index in [4.69, 9.17) is 23.2 Å². The molecule has 4 nitrogen and oxygen atoms in total. The molecule has 0 heterocycles. The average molecular weight is 415 g/mol. The predicted octanol–water partition coefficient (Wildman–Crippen LogP) is 4.29. The van der Waals surface area contributed by atoms with Crippen molar-refractivity contribution in [2.45, 2.75) is 19.0 Å². The van der Waals surface area contributed by atoms with E-state index in [-0.39, 0.29) is 30.6 Å². The normalized spacial score (nSPS) is 12.8. The smallest absolute Gasteiger partial charge is 0.279 e. The fourth-order valence-corrected chi connectivity index (χ4v) is 4.53. The number of Topliss-reactive ketones (excluding diaryl/α,β-unsaturated/α-hetero) is 1. The molecule has 0 saturated heterocycles. The Labute approximate surface area is 164 Å². The van der Waals surface area contributed by atoms with Crippen LogP contribution in [0.5, 0.6) is 0 Å². The minimum atomic E-state index is -3.28. The molecule has 0 bridgehead atoms. The summed E-state index contributed by atoms with van der Waals surface area (Å²) in [6, 6.07) is 14.7. The summed E-state index contributed by atoms with van der Waals surface area (Å²) in [6.07, 6.45) is -0.0880. The van der Waals surface area contributed by atoms with Crippen molar-refractivity contribution in [1.29, 1.82) is 0 Å². The van der Waals surface area contributed by atoms with Crippen molar-refractivity contribution in [2.75, 3.05) is 19.3 Å². The minimum absolute atomic E-state index is 0.101. The van der Waals surface area contributed by atoms with Crippen LogP contribution in [-0.2, 0) is 11.0 Å². The minimum Gasteiger partial charge on any atom is -0.309 e. The lowest BCUT2D eigenvalue weighted by Gasteiger charge is -2.15. The van der Waals surface area contributed by atoms with E-state index in [0.29, 0.717) is 16.6 Å². The summed E-state index contributed by atoms with van der Waals surface area (Å²) >= 11 is 11.9. The van der Waals surface area contributed by atoms with Crippen molar-refractivity contribution in [3.63, 3.8) is 0 Å². The van der Waals surface area contributed by atoms with Crippen molar-refractivity contribution < 1.29 is 14.6 Å². The molecule has 0 aromatic heterocycles. The second-order valence-electron chi connectivity index (χ2n) is 6.42. The highest BCUT2D eigenvalue weighted by Crippen LogP contribution is 2.52. The average Bonchev–Trinajstić information content (AvgIpc) is 2.57. The number of carbonyl (C=O) groups is 1. The molecule has 0 amide bonds. The summed E-state index contributed by atoms with van der Waals surface area (Å²) in [5, 5.41) is 4.09. The topological polar surface area (TPSA) is 69.6 Å². The van der Waals surface area contributed by atoms with Crippen LogP contribution in [0.25, 0.3) is 0 Å². The molecule has 3 N–H and O–H groups in total. The molecule has 0 aliphatic carbocycles. The van der Waals surface area contributed by atoms with E-state index < -0.39 is 7.72 Å². The molecule has 0 fully saturated rings. The second kappa shape index (κ2) is 9.80. The van der Waals surface area contributed by atoms with E-state index >= 15 is 0 Å². The van der Waals surface area contributed by atoms with Crippen LogP contribution in [0.3, 0.4) is 0 Å². The molecule has 140 valence electrons. The molecule has 2 aromatic carbocycles. The van der Waals surface area contributed by atoms with E-state index in [9.17, 15) is 14.6 Å². The number of benzene rings is 2. The van der Waals surface area contributed by atoms with Crippen LogP contribution in [0.1, 0.15) is 24.0 Å². The third kappa shape index (κ3) is 6.96. The zero-order chi connectivity index (χ0) is 19.2. The first kappa shape index (κ1) is 21.3. The highest BCUT2D eigenvalue weighted by molar-refractivity contribution is 7.64. The van der Waals surface area contributed by atoms with Gasteiger partial charge in [-0.15, -0.1) is 0 Å². The lowest BCUT2D eigenvalue weighted by Crippen LogP contribution is -2.29. The van der Waals surface area contributed by atoms with E-state index in [1.54, 1.807) is 6.07 Å². The van der Waals surface area contributed by atoms with Gasteiger partial charge in [0, 0.05) is 6.54 Å². The van der Waals surface area contributed by atoms with Crippen LogP contribution in [0, 0.1) is 0 Å². The van der Waals surface area contributed by atoms with Crippen molar-refractivity contribution in [1.82, 2.24) is 5.32 Å². The van der Waals surface area contributed by atoms with Gasteiger partial charge in [-0.1, -0.05) is 66.5 Å². The van der Waals surface area contributed by atoms with Gasteiger partial charge in [0.2, 0.25) is 0 Å². The lowest BCUT2D eigenvalue weighted by molar-refractivity contribution is -0.116. The Morgan fingerprint density at radius 2 is 1.81 bits per heavy atom. The van der Waals surface area contributed by atoms with Gasteiger partial charge < -0.3 is 5.32 Å². The largest absolute Gasteiger partial charge is 0.309 e. The summed E-state index contributed by atoms with van der Waals surface area (Å²) in [6.45, 7) is 2.69. The molecule has 26 heavy (non-hydrogen) atoms. The maximum atomic E-state index is 12.1. The Kier molecular flexibility index (Phi) is 8.03. The van der Waals surface area contributed by atoms with Crippen molar-refractivity contribution in [3.8, 4) is 0 Å². The van der Waals surface area contributed by atoms with Gasteiger partial charge in [-0.25, -0.2) is 9.79 Å². The quantitative estimate of drug-likeness (QED) is 0.535. The summed E-state index contributed by atoms with van der Waals surface area (Å²) in [7, 11) is -3.28. The number of nitrogens with one attached hydrogen (secondary N) is 1. The Morgan fingerprint density at radius 1 is 1.12 bits per heavy atom. The first-order valence-electron chi connectivity index (χ1n) is 8.31. The van der Waals surface area contributed by atoms with Crippen molar-refractivity contribution in [3.05, 3.63) is 69.7 Å². The summed E-state index contributed by atoms with van der Waals surface area (Å²) in [4.78, 5) is 32.4. The third-order valence-electron chi connectivity index (χ3n) is 3.99. The fourth-order valence-electron chi connectivity index (χ4n) is 2.63. The van der Waals surface area contributed by atoms with Crippen LogP contribution in [-0.4, -0.2) is 34.8 Å². The number of carbonyl (C=O) groups excluding carboxylic acids is 1. The molecule has 0 spiro atoms. The third-order valence-corrected chi connectivity index (χ3v) is 6.46. The summed E-state index contributed by atoms with van der Waals surface area (Å²) in [5.41, 5.74) is 1.84. The molecule has 2 rings (SSSR count). The van der Waals surface area contributed by atoms with Gasteiger partial charge in [0.15, 0.2) is 11.9 Å². The Hall–Kier alpha value is -1.000. The molecule has 0 radical (unpaired) electrons. The van der Waals surface area contributed by atoms with Crippen molar-refractivity contribution in [2.24, 2.45) is 0 Å². The van der Waals surface area contributed by atoms with Crippen LogP contribution >= 0.6 is 30.9 Å². The maximum absolute atomic E-state index is 12.1. The highest BCUT2D eigenvalue weighted by atomic mass is 35.5. The van der Waals surface area contributed by atoms with E-state index in [2.05, 4.69) is 5.32 Å². The summed E-state index contributed by atoms with van der Waals surface area (Å²) in [5.74, 6) is -0.0645. The molecule has 7 heteroatoms. The number of rotatable bonds is 9. The second-order valence-corrected chi connectivity index (χ2v) is 9.63. The molecule has 2 aromatic rings. The molecule has 1 unspecified atom stereocenters. The first-order valence-corrected chi connectivity index (χ1v) is 11.1. The standard InChI is InChI=1S/C19H23Cl2NO3P/c1-14(16-7-8-18(20)19(21)9-16)10-22-11-17(23)13-26(24,25)12-15-5-3-2-4-6-15/h2-9,14,22,24-25H,10-13H2,1H3/q+1. The first-order chi connectivity index (χ1) is 12.3. The van der Waals surface area contributed by atoms with Gasteiger partial charge in [-0.2, -0.15) is 0 Å².